The first-order valence-electron chi connectivity index (χ1n) is 6.84. The second-order valence-corrected chi connectivity index (χ2v) is 5.93. The molecule has 3 nitrogen and oxygen atoms in total. The van der Waals surface area contributed by atoms with Crippen LogP contribution in [0.15, 0.2) is 0 Å². The Bertz CT molecular complexity index is 209. The summed E-state index contributed by atoms with van der Waals surface area (Å²) in [6.45, 7) is 15.7. The minimum atomic E-state index is 0.793. The highest BCUT2D eigenvalue weighted by molar-refractivity contribution is 4.88. The van der Waals surface area contributed by atoms with Crippen LogP contribution < -0.4 is 5.32 Å². The van der Waals surface area contributed by atoms with Gasteiger partial charge in [-0.05, 0) is 18.4 Å². The van der Waals surface area contributed by atoms with Crippen LogP contribution in [0.2, 0.25) is 0 Å². The van der Waals surface area contributed by atoms with E-state index < -0.39 is 0 Å². The molecular formula is C13H27N3. The van der Waals surface area contributed by atoms with Gasteiger partial charge >= 0.3 is 0 Å². The summed E-state index contributed by atoms with van der Waals surface area (Å²) in [5.74, 6) is 1.63. The van der Waals surface area contributed by atoms with E-state index >= 15 is 0 Å². The Kier molecular flexibility index (Phi) is 4.22. The lowest BCUT2D eigenvalue weighted by molar-refractivity contribution is 0.0823. The van der Waals surface area contributed by atoms with Crippen LogP contribution in [0, 0.1) is 11.8 Å². The average molecular weight is 225 g/mol. The van der Waals surface area contributed by atoms with Gasteiger partial charge in [0.25, 0.3) is 0 Å². The topological polar surface area (TPSA) is 18.5 Å². The molecular weight excluding hydrogens is 198 g/mol. The molecule has 94 valence electrons. The van der Waals surface area contributed by atoms with Gasteiger partial charge in [0.1, 0.15) is 0 Å². The molecule has 0 saturated carbocycles. The Morgan fingerprint density at radius 3 is 2.31 bits per heavy atom. The van der Waals surface area contributed by atoms with E-state index in [1.165, 1.54) is 45.8 Å². The summed E-state index contributed by atoms with van der Waals surface area (Å²) in [5.41, 5.74) is 0. The molecule has 2 aliphatic heterocycles. The predicted molar refractivity (Wildman–Crippen MR) is 68.7 cm³/mol. The molecule has 0 aromatic carbocycles. The van der Waals surface area contributed by atoms with Gasteiger partial charge in [0.05, 0.1) is 0 Å². The fourth-order valence-electron chi connectivity index (χ4n) is 3.08. The van der Waals surface area contributed by atoms with Crippen LogP contribution in [0.3, 0.4) is 0 Å². The summed E-state index contributed by atoms with van der Waals surface area (Å²) in [4.78, 5) is 5.32. The number of piperazine rings is 1. The van der Waals surface area contributed by atoms with Crippen molar-refractivity contribution in [2.24, 2.45) is 11.8 Å². The molecule has 2 aliphatic rings. The number of nitrogens with zero attached hydrogens (tertiary/aromatic N) is 2. The molecule has 2 fully saturated rings. The second-order valence-electron chi connectivity index (χ2n) is 5.93. The molecule has 16 heavy (non-hydrogen) atoms. The van der Waals surface area contributed by atoms with Crippen molar-refractivity contribution in [2.45, 2.75) is 26.8 Å². The van der Waals surface area contributed by atoms with E-state index in [2.05, 4.69) is 35.9 Å². The first-order valence-corrected chi connectivity index (χ1v) is 6.84. The maximum atomic E-state index is 3.51. The Morgan fingerprint density at radius 2 is 1.81 bits per heavy atom. The second kappa shape index (κ2) is 5.48. The van der Waals surface area contributed by atoms with Gasteiger partial charge in [-0.1, -0.05) is 20.8 Å². The van der Waals surface area contributed by atoms with Crippen LogP contribution in [0.4, 0.5) is 0 Å². The zero-order valence-electron chi connectivity index (χ0n) is 11.1. The summed E-state index contributed by atoms with van der Waals surface area (Å²) < 4.78 is 0. The van der Waals surface area contributed by atoms with Crippen LogP contribution in [0.25, 0.3) is 0 Å². The molecule has 2 saturated heterocycles. The Morgan fingerprint density at radius 1 is 1.12 bits per heavy atom. The van der Waals surface area contributed by atoms with E-state index in [1.807, 2.05) is 0 Å². The van der Waals surface area contributed by atoms with Gasteiger partial charge in [0, 0.05) is 45.3 Å². The highest BCUT2D eigenvalue weighted by Gasteiger charge is 2.30. The van der Waals surface area contributed by atoms with E-state index in [0.717, 1.165) is 17.9 Å². The van der Waals surface area contributed by atoms with Gasteiger partial charge in [0.2, 0.25) is 0 Å². The summed E-state index contributed by atoms with van der Waals surface area (Å²) >= 11 is 0. The molecule has 2 rings (SSSR count). The van der Waals surface area contributed by atoms with E-state index in [1.54, 1.807) is 0 Å². The summed E-state index contributed by atoms with van der Waals surface area (Å²) in [6.07, 6.45) is 0. The third kappa shape index (κ3) is 2.96. The van der Waals surface area contributed by atoms with Crippen molar-refractivity contribution in [2.75, 3.05) is 45.8 Å². The largest absolute Gasteiger partial charge is 0.315 e. The predicted octanol–water partition coefficient (Wildman–Crippen LogP) is 0.868. The van der Waals surface area contributed by atoms with Gasteiger partial charge < -0.3 is 10.2 Å². The SMILES string of the molecule is CC(C)CN1CCN(C2CNCC2C)CC1. The van der Waals surface area contributed by atoms with Gasteiger partial charge in [-0.15, -0.1) is 0 Å². The average Bonchev–Trinajstić information content (AvgIpc) is 2.65. The Hall–Kier alpha value is -0.120. The smallest absolute Gasteiger partial charge is 0.0259 e. The molecule has 0 aromatic heterocycles. The zero-order valence-corrected chi connectivity index (χ0v) is 11.1. The highest BCUT2D eigenvalue weighted by Crippen LogP contribution is 2.17. The van der Waals surface area contributed by atoms with Gasteiger partial charge in [-0.3, -0.25) is 4.90 Å². The standard InChI is InChI=1S/C13H27N3/c1-11(2)10-15-4-6-16(7-5-15)13-9-14-8-12(13)3/h11-14H,4-10H2,1-3H3. The number of hydrogen-bond donors (Lipinski definition) is 1. The molecule has 0 amide bonds. The molecule has 1 N–H and O–H groups in total. The first kappa shape index (κ1) is 12.3. The number of rotatable bonds is 3. The van der Waals surface area contributed by atoms with Gasteiger partial charge in [-0.2, -0.15) is 0 Å². The van der Waals surface area contributed by atoms with Crippen LogP contribution in [-0.4, -0.2) is 61.7 Å². The quantitative estimate of drug-likeness (QED) is 0.769. The molecule has 0 radical (unpaired) electrons. The molecule has 0 spiro atoms. The Balaban J connectivity index is 1.76. The molecule has 3 heteroatoms. The summed E-state index contributed by atoms with van der Waals surface area (Å²) in [5, 5.41) is 3.51. The highest BCUT2D eigenvalue weighted by atomic mass is 15.3. The Labute approximate surface area is 100 Å². The van der Waals surface area contributed by atoms with E-state index in [4.69, 9.17) is 0 Å². The van der Waals surface area contributed by atoms with Crippen molar-refractivity contribution in [1.29, 1.82) is 0 Å². The molecule has 2 heterocycles. The normalized spacial score (nSPS) is 33.8. The van der Waals surface area contributed by atoms with Crippen LogP contribution in [0.1, 0.15) is 20.8 Å². The maximum absolute atomic E-state index is 3.51. The van der Waals surface area contributed by atoms with Crippen LogP contribution >= 0.6 is 0 Å². The lowest BCUT2D eigenvalue weighted by Gasteiger charge is -2.39. The lowest BCUT2D eigenvalue weighted by atomic mass is 10.0. The lowest BCUT2D eigenvalue weighted by Crippen LogP contribution is -2.52. The number of nitrogens with one attached hydrogen (secondary N) is 1. The number of hydrogen-bond acceptors (Lipinski definition) is 3. The van der Waals surface area contributed by atoms with Crippen LogP contribution in [-0.2, 0) is 0 Å². The third-order valence-electron chi connectivity index (χ3n) is 3.98. The molecule has 0 aromatic rings. The van der Waals surface area contributed by atoms with E-state index in [-0.39, 0.29) is 0 Å². The third-order valence-corrected chi connectivity index (χ3v) is 3.98. The summed E-state index contributed by atoms with van der Waals surface area (Å²) in [6, 6.07) is 0.793. The van der Waals surface area contributed by atoms with E-state index in [9.17, 15) is 0 Å². The van der Waals surface area contributed by atoms with Crippen molar-refractivity contribution in [3.05, 3.63) is 0 Å². The maximum Gasteiger partial charge on any atom is 0.0259 e. The zero-order chi connectivity index (χ0) is 11.5. The van der Waals surface area contributed by atoms with Crippen molar-refractivity contribution < 1.29 is 0 Å². The molecule has 0 aliphatic carbocycles. The molecule has 2 unspecified atom stereocenters. The monoisotopic (exact) mass is 225 g/mol. The van der Waals surface area contributed by atoms with Gasteiger partial charge in [0.15, 0.2) is 0 Å². The van der Waals surface area contributed by atoms with Crippen molar-refractivity contribution in [1.82, 2.24) is 15.1 Å². The minimum absolute atomic E-state index is 0.793. The fourth-order valence-corrected chi connectivity index (χ4v) is 3.08. The van der Waals surface area contributed by atoms with E-state index in [0.29, 0.717) is 0 Å². The molecule has 0 bridgehead atoms. The minimum Gasteiger partial charge on any atom is -0.315 e. The molecule has 2 atom stereocenters. The summed E-state index contributed by atoms with van der Waals surface area (Å²) in [7, 11) is 0. The van der Waals surface area contributed by atoms with Gasteiger partial charge in [-0.25, -0.2) is 0 Å². The van der Waals surface area contributed by atoms with Crippen molar-refractivity contribution in [3.8, 4) is 0 Å². The van der Waals surface area contributed by atoms with Crippen LogP contribution in [0.5, 0.6) is 0 Å². The first-order chi connectivity index (χ1) is 7.66. The fraction of sp³-hybridized carbons (Fsp3) is 1.00. The van der Waals surface area contributed by atoms with Crippen molar-refractivity contribution >= 4 is 0 Å². The van der Waals surface area contributed by atoms with Crippen molar-refractivity contribution in [3.63, 3.8) is 0 Å².